The molecule has 2 unspecified atom stereocenters. The zero-order valence-corrected chi connectivity index (χ0v) is 13.0. The average Bonchev–Trinajstić information content (AvgIpc) is 2.38. The van der Waals surface area contributed by atoms with Crippen LogP contribution in [0.2, 0.25) is 0 Å². The normalized spacial score (nSPS) is 30.2. The quantitative estimate of drug-likeness (QED) is 0.725. The minimum absolute atomic E-state index is 0.00883. The molecule has 2 fully saturated rings. The molecule has 0 aromatic heterocycles. The number of hydrogen-bond acceptors (Lipinski definition) is 3. The van der Waals surface area contributed by atoms with E-state index in [0.717, 1.165) is 32.1 Å². The molecule has 3 N–H and O–H groups in total. The van der Waals surface area contributed by atoms with Crippen LogP contribution < -0.4 is 5.32 Å². The van der Waals surface area contributed by atoms with Crippen molar-refractivity contribution in [1.29, 1.82) is 0 Å². The third-order valence-electron chi connectivity index (χ3n) is 5.53. The first-order chi connectivity index (χ1) is 9.75. The molecule has 0 heterocycles. The summed E-state index contributed by atoms with van der Waals surface area (Å²) in [5.74, 6) is -0.882. The lowest BCUT2D eigenvalue weighted by molar-refractivity contribution is -0.141. The van der Waals surface area contributed by atoms with Crippen LogP contribution in [0.25, 0.3) is 0 Å². The van der Waals surface area contributed by atoms with Crippen LogP contribution in [0.4, 0.5) is 0 Å². The third-order valence-corrected chi connectivity index (χ3v) is 5.53. The Bertz CT molecular complexity index is 413. The zero-order chi connectivity index (χ0) is 15.7. The van der Waals surface area contributed by atoms with Gasteiger partial charge in [0.1, 0.15) is 0 Å². The van der Waals surface area contributed by atoms with Crippen LogP contribution in [0.3, 0.4) is 0 Å². The number of hydrogen-bond donors (Lipinski definition) is 3. The molecule has 1 amide bonds. The molecule has 0 aliphatic heterocycles. The van der Waals surface area contributed by atoms with Crippen LogP contribution in [0.15, 0.2) is 0 Å². The summed E-state index contributed by atoms with van der Waals surface area (Å²) >= 11 is 0. The molecule has 21 heavy (non-hydrogen) atoms. The van der Waals surface area contributed by atoms with Crippen molar-refractivity contribution >= 4 is 11.9 Å². The van der Waals surface area contributed by atoms with E-state index in [1.807, 2.05) is 13.8 Å². The van der Waals surface area contributed by atoms with Gasteiger partial charge in [0.25, 0.3) is 0 Å². The first kappa shape index (κ1) is 16.3. The molecule has 0 spiro atoms. The van der Waals surface area contributed by atoms with Crippen LogP contribution in [0.1, 0.15) is 65.2 Å². The Morgan fingerprint density at radius 3 is 2.24 bits per heavy atom. The second kappa shape index (κ2) is 5.95. The molecule has 5 nitrogen and oxygen atoms in total. The first-order valence-electron chi connectivity index (χ1n) is 7.94. The van der Waals surface area contributed by atoms with E-state index in [-0.39, 0.29) is 35.3 Å². The number of aliphatic carboxylic acids is 1. The lowest BCUT2D eigenvalue weighted by Gasteiger charge is -2.49. The number of carbonyl (C=O) groups excluding carboxylic acids is 1. The Labute approximate surface area is 126 Å². The standard InChI is InChI=1S/C16H27NO4/c1-15(2)11(8-12(15)18)17-13(19)9-16(10-14(20)21)6-4-3-5-7-16/h11-12,18H,3-10H2,1-2H3,(H,17,19)(H,20,21). The van der Waals surface area contributed by atoms with Gasteiger partial charge in [-0.1, -0.05) is 33.1 Å². The number of nitrogens with one attached hydrogen (secondary N) is 1. The summed E-state index contributed by atoms with van der Waals surface area (Å²) in [5.41, 5.74) is -0.664. The molecule has 2 atom stereocenters. The van der Waals surface area contributed by atoms with Gasteiger partial charge in [0.15, 0.2) is 0 Å². The molecule has 0 aromatic carbocycles. The minimum Gasteiger partial charge on any atom is -0.481 e. The number of carboxylic acid groups (broad SMARTS) is 1. The highest BCUT2D eigenvalue weighted by Crippen LogP contribution is 2.44. The monoisotopic (exact) mass is 297 g/mol. The molecule has 0 bridgehead atoms. The highest BCUT2D eigenvalue weighted by Gasteiger charge is 2.48. The number of aliphatic hydroxyl groups is 1. The van der Waals surface area contributed by atoms with E-state index in [4.69, 9.17) is 5.11 Å². The summed E-state index contributed by atoms with van der Waals surface area (Å²) in [5, 5.41) is 21.8. The predicted octanol–water partition coefficient (Wildman–Crippen LogP) is 2.08. The fourth-order valence-electron chi connectivity index (χ4n) is 3.77. The molecular formula is C16H27NO4. The van der Waals surface area contributed by atoms with E-state index in [1.54, 1.807) is 0 Å². The zero-order valence-electron chi connectivity index (χ0n) is 13.0. The Hall–Kier alpha value is -1.10. The van der Waals surface area contributed by atoms with Gasteiger partial charge in [-0.15, -0.1) is 0 Å². The Balaban J connectivity index is 1.94. The minimum atomic E-state index is -0.816. The molecule has 0 radical (unpaired) electrons. The van der Waals surface area contributed by atoms with Gasteiger partial charge < -0.3 is 15.5 Å². The fourth-order valence-corrected chi connectivity index (χ4v) is 3.77. The molecule has 2 saturated carbocycles. The maximum absolute atomic E-state index is 12.3. The summed E-state index contributed by atoms with van der Waals surface area (Å²) in [6, 6.07) is -0.00883. The summed E-state index contributed by atoms with van der Waals surface area (Å²) < 4.78 is 0. The summed E-state index contributed by atoms with van der Waals surface area (Å²) in [7, 11) is 0. The SMILES string of the molecule is CC1(C)C(O)CC1NC(=O)CC1(CC(=O)O)CCCCC1. The number of carboxylic acids is 1. The van der Waals surface area contributed by atoms with Crippen molar-refractivity contribution in [3.05, 3.63) is 0 Å². The van der Waals surface area contributed by atoms with Gasteiger partial charge in [-0.25, -0.2) is 0 Å². The summed E-state index contributed by atoms with van der Waals surface area (Å²) in [4.78, 5) is 23.4. The molecule has 120 valence electrons. The predicted molar refractivity (Wildman–Crippen MR) is 78.7 cm³/mol. The van der Waals surface area contributed by atoms with E-state index in [2.05, 4.69) is 5.32 Å². The average molecular weight is 297 g/mol. The Kier molecular flexibility index (Phi) is 4.61. The molecular weight excluding hydrogens is 270 g/mol. The van der Waals surface area contributed by atoms with Crippen LogP contribution in [0, 0.1) is 10.8 Å². The lowest BCUT2D eigenvalue weighted by atomic mass is 9.64. The number of amides is 1. The Morgan fingerprint density at radius 2 is 1.76 bits per heavy atom. The van der Waals surface area contributed by atoms with Gasteiger partial charge in [-0.05, 0) is 24.7 Å². The van der Waals surface area contributed by atoms with Crippen LogP contribution >= 0.6 is 0 Å². The molecule has 0 saturated heterocycles. The molecule has 2 aliphatic rings. The molecule has 2 rings (SSSR count). The topological polar surface area (TPSA) is 86.6 Å². The van der Waals surface area contributed by atoms with E-state index >= 15 is 0 Å². The van der Waals surface area contributed by atoms with E-state index < -0.39 is 5.97 Å². The largest absolute Gasteiger partial charge is 0.481 e. The van der Waals surface area contributed by atoms with Crippen LogP contribution in [-0.2, 0) is 9.59 Å². The van der Waals surface area contributed by atoms with Crippen molar-refractivity contribution in [3.63, 3.8) is 0 Å². The number of rotatable bonds is 5. The third kappa shape index (κ3) is 3.57. The van der Waals surface area contributed by atoms with Crippen LogP contribution in [-0.4, -0.2) is 34.2 Å². The van der Waals surface area contributed by atoms with Crippen LogP contribution in [0.5, 0.6) is 0 Å². The Morgan fingerprint density at radius 1 is 1.14 bits per heavy atom. The molecule has 2 aliphatic carbocycles. The van der Waals surface area contributed by atoms with E-state index in [9.17, 15) is 14.7 Å². The van der Waals surface area contributed by atoms with Gasteiger partial charge >= 0.3 is 5.97 Å². The molecule has 0 aromatic rings. The second-order valence-corrected chi connectivity index (χ2v) is 7.50. The van der Waals surface area contributed by atoms with Gasteiger partial charge in [0, 0.05) is 17.9 Å². The van der Waals surface area contributed by atoms with Crippen molar-refractivity contribution in [1.82, 2.24) is 5.32 Å². The summed E-state index contributed by atoms with van der Waals surface area (Å²) in [6.45, 7) is 3.89. The van der Waals surface area contributed by atoms with Gasteiger partial charge in [-0.3, -0.25) is 9.59 Å². The maximum atomic E-state index is 12.3. The second-order valence-electron chi connectivity index (χ2n) is 7.50. The highest BCUT2D eigenvalue weighted by molar-refractivity contribution is 5.78. The smallest absolute Gasteiger partial charge is 0.303 e. The number of carbonyl (C=O) groups is 2. The lowest BCUT2D eigenvalue weighted by Crippen LogP contribution is -2.61. The van der Waals surface area contributed by atoms with Crippen molar-refractivity contribution in [2.24, 2.45) is 10.8 Å². The molecule has 5 heteroatoms. The van der Waals surface area contributed by atoms with Crippen molar-refractivity contribution in [3.8, 4) is 0 Å². The van der Waals surface area contributed by atoms with E-state index in [1.165, 1.54) is 0 Å². The van der Waals surface area contributed by atoms with Crippen molar-refractivity contribution in [2.45, 2.75) is 77.4 Å². The summed E-state index contributed by atoms with van der Waals surface area (Å²) in [6.07, 6.45) is 5.38. The maximum Gasteiger partial charge on any atom is 0.303 e. The highest BCUT2D eigenvalue weighted by atomic mass is 16.4. The van der Waals surface area contributed by atoms with E-state index in [0.29, 0.717) is 12.8 Å². The van der Waals surface area contributed by atoms with Gasteiger partial charge in [0.2, 0.25) is 5.91 Å². The van der Waals surface area contributed by atoms with Crippen molar-refractivity contribution in [2.75, 3.05) is 0 Å². The van der Waals surface area contributed by atoms with Crippen molar-refractivity contribution < 1.29 is 19.8 Å². The number of aliphatic hydroxyl groups excluding tert-OH is 1. The fraction of sp³-hybridized carbons (Fsp3) is 0.875. The first-order valence-corrected chi connectivity index (χ1v) is 7.94. The van der Waals surface area contributed by atoms with Gasteiger partial charge in [-0.2, -0.15) is 0 Å². The van der Waals surface area contributed by atoms with Gasteiger partial charge in [0.05, 0.1) is 12.5 Å².